The van der Waals surface area contributed by atoms with E-state index in [2.05, 4.69) is 62.5 Å². The lowest BCUT2D eigenvalue weighted by molar-refractivity contribution is -0.153. The first-order valence-electron chi connectivity index (χ1n) is 22.6. The van der Waals surface area contributed by atoms with E-state index < -0.39 is 58.4 Å². The van der Waals surface area contributed by atoms with Crippen LogP contribution in [0.2, 0.25) is 0 Å². The molecule has 0 aromatic rings. The lowest BCUT2D eigenvalue weighted by Crippen LogP contribution is -2.28. The maximum absolute atomic E-state index is 12.4. The lowest BCUT2D eigenvalue weighted by atomic mass is 10.1. The van der Waals surface area contributed by atoms with Gasteiger partial charge in [-0.1, -0.05) is 159 Å². The summed E-state index contributed by atoms with van der Waals surface area (Å²) in [4.78, 5) is 34.6. The Kier molecular flexibility index (Phi) is 40.5. The summed E-state index contributed by atoms with van der Waals surface area (Å²) in [6, 6.07) is 0. The number of rotatable bonds is 42. The van der Waals surface area contributed by atoms with Crippen LogP contribution in [0.15, 0.2) is 48.6 Å². The van der Waals surface area contributed by atoms with Gasteiger partial charge < -0.3 is 24.6 Å². The molecule has 332 valence electrons. The third kappa shape index (κ3) is 40.5. The van der Waals surface area contributed by atoms with Crippen molar-refractivity contribution in [1.29, 1.82) is 0 Å². The van der Waals surface area contributed by atoms with Crippen LogP contribution in [-0.4, -0.2) is 65.7 Å². The van der Waals surface area contributed by atoms with Crippen molar-refractivity contribution in [2.24, 2.45) is 0 Å². The lowest BCUT2D eigenvalue weighted by Gasteiger charge is -2.20. The Morgan fingerprint density at radius 1 is 0.491 bits per heavy atom. The highest BCUT2D eigenvalue weighted by Crippen LogP contribution is 2.43. The molecular formula is C46H83O10P. The van der Waals surface area contributed by atoms with Gasteiger partial charge in [0, 0.05) is 12.8 Å². The van der Waals surface area contributed by atoms with Gasteiger partial charge in [0.15, 0.2) is 0 Å². The highest BCUT2D eigenvalue weighted by atomic mass is 31.2. The van der Waals surface area contributed by atoms with Gasteiger partial charge in [0.05, 0.1) is 26.4 Å². The molecule has 57 heavy (non-hydrogen) atoms. The first-order valence-corrected chi connectivity index (χ1v) is 24.1. The van der Waals surface area contributed by atoms with E-state index in [0.29, 0.717) is 12.8 Å². The second-order valence-corrected chi connectivity index (χ2v) is 16.5. The fourth-order valence-corrected chi connectivity index (χ4v) is 6.85. The van der Waals surface area contributed by atoms with Gasteiger partial charge in [-0.15, -0.1) is 0 Å². The molecule has 0 radical (unpaired) electrons. The van der Waals surface area contributed by atoms with Gasteiger partial charge in [0.1, 0.15) is 12.2 Å². The zero-order valence-corrected chi connectivity index (χ0v) is 36.9. The molecule has 3 unspecified atom stereocenters. The summed E-state index contributed by atoms with van der Waals surface area (Å²) in [7, 11) is -4.64. The summed E-state index contributed by atoms with van der Waals surface area (Å²) in [5, 5.41) is 19.2. The first-order chi connectivity index (χ1) is 27.8. The van der Waals surface area contributed by atoms with Crippen LogP contribution in [0.4, 0.5) is 0 Å². The van der Waals surface area contributed by atoms with Crippen LogP contribution >= 0.6 is 7.82 Å². The molecule has 0 bridgehead atoms. The number of phosphoric acid groups is 1. The molecule has 0 aliphatic carbocycles. The van der Waals surface area contributed by atoms with Crippen molar-refractivity contribution < 1.29 is 47.8 Å². The Balaban J connectivity index is 3.92. The van der Waals surface area contributed by atoms with Crippen molar-refractivity contribution >= 4 is 19.8 Å². The maximum atomic E-state index is 12.4. The second kappa shape index (κ2) is 42.1. The number of esters is 2. The number of aliphatic hydroxyl groups excluding tert-OH is 2. The molecule has 0 amide bonds. The van der Waals surface area contributed by atoms with E-state index in [9.17, 15) is 29.3 Å². The van der Waals surface area contributed by atoms with Gasteiger partial charge in [-0.2, -0.15) is 0 Å². The smallest absolute Gasteiger partial charge is 0.457 e. The minimum Gasteiger partial charge on any atom is -0.457 e. The Labute approximate surface area is 347 Å². The Hall–Kier alpha value is -2.07. The van der Waals surface area contributed by atoms with E-state index in [1.807, 2.05) is 0 Å². The SMILES string of the molecule is CC/C=C\C/C=C\C/C=C\CCCCCCCCCC(=O)OC(CO)COP(=O)(O)OCC(CO)OC(=O)CCCCCCCCC/C=C\CCCCCCCC. The number of hydrogen-bond donors (Lipinski definition) is 3. The second-order valence-electron chi connectivity index (χ2n) is 15.0. The molecule has 0 heterocycles. The number of unbranched alkanes of at least 4 members (excludes halogenated alkanes) is 20. The van der Waals surface area contributed by atoms with Crippen molar-refractivity contribution in [1.82, 2.24) is 0 Å². The molecule has 0 rings (SSSR count). The summed E-state index contributed by atoms with van der Waals surface area (Å²) in [6.45, 7) is 2.08. The molecule has 0 fully saturated rings. The fourth-order valence-electron chi connectivity index (χ4n) is 6.07. The number of carbonyl (C=O) groups is 2. The summed E-state index contributed by atoms with van der Waals surface area (Å²) < 4.78 is 32.6. The topological polar surface area (TPSA) is 149 Å². The first kappa shape index (κ1) is 54.9. The molecule has 3 N–H and O–H groups in total. The predicted octanol–water partition coefficient (Wildman–Crippen LogP) is 12.1. The van der Waals surface area contributed by atoms with Crippen LogP contribution in [-0.2, 0) is 32.7 Å². The van der Waals surface area contributed by atoms with Crippen molar-refractivity contribution in [3.8, 4) is 0 Å². The average Bonchev–Trinajstić information content (AvgIpc) is 3.20. The van der Waals surface area contributed by atoms with E-state index >= 15 is 0 Å². The van der Waals surface area contributed by atoms with Crippen molar-refractivity contribution in [2.45, 2.75) is 206 Å². The third-order valence-electron chi connectivity index (χ3n) is 9.53. The molecule has 0 aromatic heterocycles. The summed E-state index contributed by atoms with van der Waals surface area (Å²) >= 11 is 0. The standard InChI is InChI=1S/C46H83O10P/c1-3-5-7-9-11-13-15-17-19-21-23-25-27-29-31-33-35-37-45(49)55-43(39-47)41-53-57(51,52)54-42-44(40-48)56-46(50)38-36-34-32-30-28-26-24-22-20-18-16-14-12-10-8-6-4-2/h5,7,11,13,17-20,43-44,47-48H,3-4,6,8-10,12,14-16,21-42H2,1-2H3,(H,51,52)/b7-5-,13-11-,19-17-,20-18-. The Bertz CT molecular complexity index is 1090. The van der Waals surface area contributed by atoms with Crippen LogP contribution in [0.1, 0.15) is 194 Å². The van der Waals surface area contributed by atoms with Crippen LogP contribution in [0.5, 0.6) is 0 Å². The molecule has 0 saturated heterocycles. The molecule has 0 saturated carbocycles. The molecule has 3 atom stereocenters. The minimum absolute atomic E-state index is 0.180. The van der Waals surface area contributed by atoms with Crippen LogP contribution < -0.4 is 0 Å². The third-order valence-corrected chi connectivity index (χ3v) is 10.5. The highest BCUT2D eigenvalue weighted by Gasteiger charge is 2.27. The van der Waals surface area contributed by atoms with Crippen LogP contribution in [0.25, 0.3) is 0 Å². The fraction of sp³-hybridized carbons (Fsp3) is 0.783. The van der Waals surface area contributed by atoms with Gasteiger partial charge in [-0.05, 0) is 70.6 Å². The van der Waals surface area contributed by atoms with Gasteiger partial charge in [-0.3, -0.25) is 18.6 Å². The summed E-state index contributed by atoms with van der Waals surface area (Å²) in [5.41, 5.74) is 0. The quantitative estimate of drug-likeness (QED) is 0.0235. The Morgan fingerprint density at radius 2 is 0.825 bits per heavy atom. The normalized spacial score (nSPS) is 14.3. The zero-order valence-electron chi connectivity index (χ0n) is 36.0. The summed E-state index contributed by atoms with van der Waals surface area (Å²) in [5.74, 6) is -1.03. The molecule has 0 aliphatic heterocycles. The molecular weight excluding hydrogens is 743 g/mol. The number of carbonyl (C=O) groups excluding carboxylic acids is 2. The van der Waals surface area contributed by atoms with Crippen LogP contribution in [0.3, 0.4) is 0 Å². The van der Waals surface area contributed by atoms with Gasteiger partial charge in [0.25, 0.3) is 0 Å². The molecule has 0 aromatic carbocycles. The molecule has 10 nitrogen and oxygen atoms in total. The van der Waals surface area contributed by atoms with Crippen LogP contribution in [0, 0.1) is 0 Å². The van der Waals surface area contributed by atoms with Gasteiger partial charge >= 0.3 is 19.8 Å². The summed E-state index contributed by atoms with van der Waals surface area (Å²) in [6.07, 6.45) is 45.1. The van der Waals surface area contributed by atoms with Gasteiger partial charge in [0.2, 0.25) is 0 Å². The van der Waals surface area contributed by atoms with Crippen molar-refractivity contribution in [3.05, 3.63) is 48.6 Å². The van der Waals surface area contributed by atoms with E-state index in [4.69, 9.17) is 18.5 Å². The monoisotopic (exact) mass is 827 g/mol. The van der Waals surface area contributed by atoms with E-state index in [0.717, 1.165) is 77.0 Å². The van der Waals surface area contributed by atoms with E-state index in [-0.39, 0.29) is 12.8 Å². The molecule has 0 aliphatic rings. The number of allylic oxidation sites excluding steroid dienone is 8. The number of phosphoric ester groups is 1. The zero-order chi connectivity index (χ0) is 41.9. The van der Waals surface area contributed by atoms with E-state index in [1.165, 1.54) is 77.0 Å². The molecule has 11 heteroatoms. The van der Waals surface area contributed by atoms with Crippen molar-refractivity contribution in [2.75, 3.05) is 26.4 Å². The number of aliphatic hydroxyl groups is 2. The van der Waals surface area contributed by atoms with Gasteiger partial charge in [-0.25, -0.2) is 4.57 Å². The number of hydrogen-bond acceptors (Lipinski definition) is 9. The number of ether oxygens (including phenoxy) is 2. The van der Waals surface area contributed by atoms with Crippen molar-refractivity contribution in [3.63, 3.8) is 0 Å². The maximum Gasteiger partial charge on any atom is 0.472 e. The van der Waals surface area contributed by atoms with E-state index in [1.54, 1.807) is 0 Å². The minimum atomic E-state index is -4.64. The average molecular weight is 827 g/mol. The largest absolute Gasteiger partial charge is 0.472 e. The Morgan fingerprint density at radius 3 is 1.21 bits per heavy atom. The molecule has 0 spiro atoms. The highest BCUT2D eigenvalue weighted by molar-refractivity contribution is 7.47. The predicted molar refractivity (Wildman–Crippen MR) is 233 cm³/mol.